The Morgan fingerprint density at radius 1 is 1.11 bits per heavy atom. The third kappa shape index (κ3) is 6.13. The predicted octanol–water partition coefficient (Wildman–Crippen LogP) is 2.02. The highest BCUT2D eigenvalue weighted by Gasteiger charge is 2.20. The van der Waals surface area contributed by atoms with Crippen LogP contribution in [0.1, 0.15) is 12.0 Å². The fourth-order valence-corrected chi connectivity index (χ4v) is 2.25. The van der Waals surface area contributed by atoms with Crippen molar-refractivity contribution in [3.05, 3.63) is 60.2 Å². The molecule has 0 aliphatic heterocycles. The predicted molar refractivity (Wildman–Crippen MR) is 101 cm³/mol. The minimum Gasteiger partial charge on any atom is -0.494 e. The molecule has 145 valence electrons. The maximum absolute atomic E-state index is 11.9. The number of aliphatic carboxylic acids is 1. The summed E-state index contributed by atoms with van der Waals surface area (Å²) in [4.78, 5) is 33.9. The van der Waals surface area contributed by atoms with Gasteiger partial charge in [0.25, 0.3) is 6.29 Å². The minimum absolute atomic E-state index is 0.0304. The van der Waals surface area contributed by atoms with Gasteiger partial charge in [0, 0.05) is 17.7 Å². The zero-order chi connectivity index (χ0) is 20.4. The SMILES string of the molecule is O=[C]/C(=N\O)c1ccc(OCCC(NC(=O)Nc2ccccc2)C(=O)O)cc1. The van der Waals surface area contributed by atoms with Crippen LogP contribution in [0.4, 0.5) is 10.5 Å². The van der Waals surface area contributed by atoms with E-state index in [1.54, 1.807) is 30.3 Å². The number of ether oxygens (including phenoxy) is 1. The summed E-state index contributed by atoms with van der Waals surface area (Å²) in [6, 6.07) is 12.9. The second-order valence-corrected chi connectivity index (χ2v) is 5.57. The first-order chi connectivity index (χ1) is 13.5. The van der Waals surface area contributed by atoms with Gasteiger partial charge in [-0.1, -0.05) is 23.4 Å². The Labute approximate surface area is 160 Å². The van der Waals surface area contributed by atoms with Crippen LogP contribution in [-0.2, 0) is 9.59 Å². The third-order valence-corrected chi connectivity index (χ3v) is 3.63. The van der Waals surface area contributed by atoms with Crippen LogP contribution in [0.5, 0.6) is 5.75 Å². The Hall–Kier alpha value is -3.88. The zero-order valence-electron chi connectivity index (χ0n) is 14.7. The van der Waals surface area contributed by atoms with E-state index >= 15 is 0 Å². The third-order valence-electron chi connectivity index (χ3n) is 3.63. The molecule has 0 bridgehead atoms. The number of carboxylic acid groups (broad SMARTS) is 1. The highest BCUT2D eigenvalue weighted by Crippen LogP contribution is 2.13. The van der Waals surface area contributed by atoms with Crippen molar-refractivity contribution in [3.63, 3.8) is 0 Å². The fourth-order valence-electron chi connectivity index (χ4n) is 2.25. The van der Waals surface area contributed by atoms with E-state index < -0.39 is 18.0 Å². The lowest BCUT2D eigenvalue weighted by atomic mass is 10.1. The maximum atomic E-state index is 11.9. The molecule has 1 atom stereocenters. The summed E-state index contributed by atoms with van der Waals surface area (Å²) in [5.74, 6) is -0.766. The molecular weight excluding hydrogens is 366 g/mol. The minimum atomic E-state index is -1.19. The van der Waals surface area contributed by atoms with Gasteiger partial charge in [0.1, 0.15) is 11.8 Å². The average Bonchev–Trinajstić information content (AvgIpc) is 2.70. The molecule has 9 heteroatoms. The molecule has 28 heavy (non-hydrogen) atoms. The molecule has 0 aliphatic rings. The number of anilines is 1. The van der Waals surface area contributed by atoms with Crippen molar-refractivity contribution in [2.75, 3.05) is 11.9 Å². The van der Waals surface area contributed by atoms with Crippen molar-refractivity contribution in [2.45, 2.75) is 12.5 Å². The second kappa shape index (κ2) is 10.3. The molecule has 0 fully saturated rings. The van der Waals surface area contributed by atoms with E-state index in [4.69, 9.17) is 9.94 Å². The Bertz CT molecular complexity index is 837. The van der Waals surface area contributed by atoms with Gasteiger partial charge in [0.2, 0.25) is 0 Å². The van der Waals surface area contributed by atoms with Crippen LogP contribution < -0.4 is 15.4 Å². The van der Waals surface area contributed by atoms with Gasteiger partial charge in [-0.2, -0.15) is 0 Å². The van der Waals surface area contributed by atoms with Crippen LogP contribution in [0.2, 0.25) is 0 Å². The van der Waals surface area contributed by atoms with Gasteiger partial charge >= 0.3 is 12.0 Å². The molecular formula is C19H18N3O6. The molecule has 1 unspecified atom stereocenters. The van der Waals surface area contributed by atoms with Crippen molar-refractivity contribution < 1.29 is 29.4 Å². The van der Waals surface area contributed by atoms with Crippen LogP contribution in [-0.4, -0.2) is 47.0 Å². The molecule has 0 saturated carbocycles. The Morgan fingerprint density at radius 2 is 1.79 bits per heavy atom. The van der Waals surface area contributed by atoms with Crippen LogP contribution in [0.3, 0.4) is 0 Å². The van der Waals surface area contributed by atoms with Crippen molar-refractivity contribution in [1.29, 1.82) is 0 Å². The van der Waals surface area contributed by atoms with E-state index in [0.717, 1.165) is 0 Å². The molecule has 0 spiro atoms. The molecule has 4 N–H and O–H groups in total. The highest BCUT2D eigenvalue weighted by atomic mass is 16.5. The monoisotopic (exact) mass is 384 g/mol. The van der Waals surface area contributed by atoms with Gasteiger partial charge in [-0.3, -0.25) is 4.79 Å². The fraction of sp³-hybridized carbons (Fsp3) is 0.158. The first-order valence-electron chi connectivity index (χ1n) is 8.22. The topological polar surface area (TPSA) is 137 Å². The Balaban J connectivity index is 1.85. The van der Waals surface area contributed by atoms with Gasteiger partial charge in [-0.05, 0) is 36.4 Å². The lowest BCUT2D eigenvalue weighted by Crippen LogP contribution is -2.43. The lowest BCUT2D eigenvalue weighted by Gasteiger charge is -2.15. The van der Waals surface area contributed by atoms with E-state index in [1.165, 1.54) is 30.6 Å². The van der Waals surface area contributed by atoms with Gasteiger partial charge in [-0.25, -0.2) is 9.59 Å². The van der Waals surface area contributed by atoms with Gasteiger partial charge in [0.15, 0.2) is 5.71 Å². The second-order valence-electron chi connectivity index (χ2n) is 5.57. The Morgan fingerprint density at radius 3 is 2.36 bits per heavy atom. The number of hydrogen-bond acceptors (Lipinski definition) is 6. The Kier molecular flexibility index (Phi) is 7.53. The summed E-state index contributed by atoms with van der Waals surface area (Å²) in [6.45, 7) is 0.0304. The smallest absolute Gasteiger partial charge is 0.326 e. The number of amides is 2. The largest absolute Gasteiger partial charge is 0.494 e. The molecule has 2 amide bonds. The van der Waals surface area contributed by atoms with E-state index in [1.807, 2.05) is 0 Å². The van der Waals surface area contributed by atoms with Gasteiger partial charge in [0.05, 0.1) is 6.61 Å². The maximum Gasteiger partial charge on any atom is 0.326 e. The highest BCUT2D eigenvalue weighted by molar-refractivity contribution is 6.36. The number of carboxylic acids is 1. The molecule has 0 aromatic heterocycles. The number of nitrogens with zero attached hydrogens (tertiary/aromatic N) is 1. The van der Waals surface area contributed by atoms with Crippen LogP contribution in [0.15, 0.2) is 59.8 Å². The van der Waals surface area contributed by atoms with E-state index in [9.17, 15) is 19.5 Å². The molecule has 0 aliphatic carbocycles. The van der Waals surface area contributed by atoms with Crippen LogP contribution >= 0.6 is 0 Å². The quantitative estimate of drug-likeness (QED) is 0.296. The molecule has 1 radical (unpaired) electrons. The molecule has 2 aromatic carbocycles. The lowest BCUT2D eigenvalue weighted by molar-refractivity contribution is -0.139. The number of carbonyl (C=O) groups excluding carboxylic acids is 2. The standard InChI is InChI=1S/C19H18N3O6/c23-12-17(22-27)13-6-8-15(9-7-13)28-11-10-16(18(24)25)21-19(26)20-14-4-2-1-3-5-14/h1-9,16,27H,10-11H2,(H,24,25)(H2,20,21,26)/b22-17+. The molecule has 2 aromatic rings. The van der Waals surface area contributed by atoms with Gasteiger partial charge < -0.3 is 25.7 Å². The molecule has 9 nitrogen and oxygen atoms in total. The van der Waals surface area contributed by atoms with Crippen molar-refractivity contribution in [3.8, 4) is 5.75 Å². The molecule has 2 rings (SSSR count). The van der Waals surface area contributed by atoms with E-state index in [2.05, 4.69) is 15.8 Å². The molecule has 0 heterocycles. The van der Waals surface area contributed by atoms with Crippen molar-refractivity contribution in [2.24, 2.45) is 5.16 Å². The average molecular weight is 384 g/mol. The first-order valence-corrected chi connectivity index (χ1v) is 8.22. The van der Waals surface area contributed by atoms with Crippen LogP contribution in [0.25, 0.3) is 0 Å². The van der Waals surface area contributed by atoms with Crippen LogP contribution in [0, 0.1) is 0 Å². The summed E-state index contributed by atoms with van der Waals surface area (Å²) >= 11 is 0. The van der Waals surface area contributed by atoms with Gasteiger partial charge in [-0.15, -0.1) is 0 Å². The zero-order valence-corrected chi connectivity index (χ0v) is 14.7. The number of rotatable bonds is 9. The van der Waals surface area contributed by atoms with E-state index in [-0.39, 0.29) is 18.7 Å². The number of oxime groups is 1. The number of carbonyl (C=O) groups is 2. The number of benzene rings is 2. The number of hydrogen-bond donors (Lipinski definition) is 4. The number of urea groups is 1. The summed E-state index contributed by atoms with van der Waals surface area (Å²) in [7, 11) is 0. The summed E-state index contributed by atoms with van der Waals surface area (Å²) in [5.41, 5.74) is 0.650. The summed E-state index contributed by atoms with van der Waals surface area (Å²) in [5, 5.41) is 25.7. The summed E-state index contributed by atoms with van der Waals surface area (Å²) < 4.78 is 5.45. The number of nitrogens with one attached hydrogen (secondary N) is 2. The van der Waals surface area contributed by atoms with Crippen molar-refractivity contribution >= 4 is 29.7 Å². The summed E-state index contributed by atoms with van der Waals surface area (Å²) in [6.07, 6.45) is 1.52. The van der Waals surface area contributed by atoms with E-state index in [0.29, 0.717) is 17.0 Å². The van der Waals surface area contributed by atoms with Crippen molar-refractivity contribution in [1.82, 2.24) is 5.32 Å². The first kappa shape index (κ1) is 20.4. The normalized spacial score (nSPS) is 11.9. The number of para-hydroxylation sites is 1. The molecule has 0 saturated heterocycles.